The number of carbonyl (C=O) groups excluding carboxylic acids is 2. The van der Waals surface area contributed by atoms with E-state index in [1.165, 1.54) is 14.2 Å². The van der Waals surface area contributed by atoms with Crippen LogP contribution in [0.4, 0.5) is 0 Å². The Labute approximate surface area is 158 Å². The third kappa shape index (κ3) is 10.8. The number of carbonyl (C=O) groups is 2. The Kier molecular flexibility index (Phi) is 10.6. The van der Waals surface area contributed by atoms with Crippen LogP contribution in [0.2, 0.25) is 0 Å². The van der Waals surface area contributed by atoms with Gasteiger partial charge in [0.25, 0.3) is 0 Å². The number of hydrogen-bond donors (Lipinski definition) is 2. The molecule has 0 spiro atoms. The molecule has 0 saturated heterocycles. The fourth-order valence-corrected chi connectivity index (χ4v) is 1.82. The molecule has 0 fully saturated rings. The maximum absolute atomic E-state index is 11.0. The summed E-state index contributed by atoms with van der Waals surface area (Å²) in [5.74, 6) is -0.550. The average Bonchev–Trinajstić information content (AvgIpc) is 2.60. The summed E-state index contributed by atoms with van der Waals surface area (Å²) in [5, 5.41) is 0. The van der Waals surface area contributed by atoms with E-state index in [1.807, 2.05) is 50.2 Å². The Morgan fingerprint density at radius 3 is 1.22 bits per heavy atom. The van der Waals surface area contributed by atoms with Crippen molar-refractivity contribution in [1.29, 1.82) is 0 Å². The van der Waals surface area contributed by atoms with Crippen LogP contribution in [0.25, 0.3) is 0 Å². The highest BCUT2D eigenvalue weighted by Gasteiger charge is 2.06. The van der Waals surface area contributed by atoms with Crippen LogP contribution >= 0.6 is 0 Å². The summed E-state index contributed by atoms with van der Waals surface area (Å²) in [6.07, 6.45) is 0. The number of hydrogen-bond acceptors (Lipinski definition) is 6. The minimum Gasteiger partial charge on any atom is -0.465 e. The first-order valence-electron chi connectivity index (χ1n) is 7.49. The van der Waals surface area contributed by atoms with Gasteiger partial charge in [-0.15, -0.1) is 0 Å². The van der Waals surface area contributed by atoms with Gasteiger partial charge in [0.05, 0.1) is 25.3 Å². The number of methoxy groups -OCH3 is 2. The molecule has 0 atom stereocenters. The van der Waals surface area contributed by atoms with E-state index in [0.717, 1.165) is 11.1 Å². The number of aryl methyl sites for hydroxylation is 2. The van der Waals surface area contributed by atoms with E-state index in [2.05, 4.69) is 9.47 Å². The van der Waals surface area contributed by atoms with Gasteiger partial charge in [-0.25, -0.2) is 9.59 Å². The minimum absolute atomic E-state index is 0.275. The molecular formula is C18H22O8S. The first kappa shape index (κ1) is 24.2. The molecule has 0 aliphatic carbocycles. The first-order valence-corrected chi connectivity index (χ1v) is 8.88. The Hall–Kier alpha value is -2.75. The standard InChI is InChI=1S/2C9H10O2.H2O4S/c2*1-7-5-3-4-6-8(7)9(10)11-2;1-5(2,3)4/h2*3-6H,1-2H3;(H2,1,2,3,4). The fourth-order valence-electron chi connectivity index (χ4n) is 1.82. The van der Waals surface area contributed by atoms with E-state index in [9.17, 15) is 9.59 Å². The second-order valence-electron chi connectivity index (χ2n) is 5.06. The highest BCUT2D eigenvalue weighted by molar-refractivity contribution is 7.79. The smallest absolute Gasteiger partial charge is 0.394 e. The van der Waals surface area contributed by atoms with Crippen molar-refractivity contribution >= 4 is 22.3 Å². The number of rotatable bonds is 2. The largest absolute Gasteiger partial charge is 0.465 e. The summed E-state index contributed by atoms with van der Waals surface area (Å²) in [5.41, 5.74) is 3.16. The van der Waals surface area contributed by atoms with Crippen molar-refractivity contribution in [2.75, 3.05) is 14.2 Å². The Bertz CT molecular complexity index is 794. The highest BCUT2D eigenvalue weighted by Crippen LogP contribution is 2.08. The molecule has 0 radical (unpaired) electrons. The lowest BCUT2D eigenvalue weighted by Gasteiger charge is -2.00. The molecule has 2 rings (SSSR count). The molecule has 27 heavy (non-hydrogen) atoms. The molecular weight excluding hydrogens is 376 g/mol. The van der Waals surface area contributed by atoms with Crippen molar-refractivity contribution < 1.29 is 36.6 Å². The summed E-state index contributed by atoms with van der Waals surface area (Å²) in [6, 6.07) is 14.7. The topological polar surface area (TPSA) is 127 Å². The van der Waals surface area contributed by atoms with Gasteiger partial charge < -0.3 is 9.47 Å². The van der Waals surface area contributed by atoms with Crippen molar-refractivity contribution in [3.8, 4) is 0 Å². The molecule has 0 aliphatic rings. The van der Waals surface area contributed by atoms with Gasteiger partial charge in [-0.05, 0) is 37.1 Å². The van der Waals surface area contributed by atoms with Gasteiger partial charge >= 0.3 is 22.3 Å². The quantitative estimate of drug-likeness (QED) is 0.584. The van der Waals surface area contributed by atoms with E-state index < -0.39 is 10.4 Å². The Morgan fingerprint density at radius 1 is 0.741 bits per heavy atom. The summed E-state index contributed by atoms with van der Waals surface area (Å²) in [6.45, 7) is 3.76. The first-order chi connectivity index (χ1) is 12.5. The second-order valence-corrected chi connectivity index (χ2v) is 5.96. The lowest BCUT2D eigenvalue weighted by atomic mass is 10.1. The maximum Gasteiger partial charge on any atom is 0.394 e. The van der Waals surface area contributed by atoms with Gasteiger partial charge in [-0.2, -0.15) is 8.42 Å². The average molecular weight is 398 g/mol. The maximum atomic E-state index is 11.0. The third-order valence-electron chi connectivity index (χ3n) is 3.10. The lowest BCUT2D eigenvalue weighted by Crippen LogP contribution is -2.02. The van der Waals surface area contributed by atoms with E-state index in [-0.39, 0.29) is 11.9 Å². The summed E-state index contributed by atoms with van der Waals surface area (Å²) < 4.78 is 40.7. The zero-order valence-corrected chi connectivity index (χ0v) is 16.2. The predicted octanol–water partition coefficient (Wildman–Crippen LogP) is 2.91. The molecule has 0 aliphatic heterocycles. The van der Waals surface area contributed by atoms with Gasteiger partial charge in [0.15, 0.2) is 0 Å². The van der Waals surface area contributed by atoms with Crippen LogP contribution in [0.5, 0.6) is 0 Å². The van der Waals surface area contributed by atoms with E-state index in [0.29, 0.717) is 11.1 Å². The predicted molar refractivity (Wildman–Crippen MR) is 99.2 cm³/mol. The van der Waals surface area contributed by atoms with E-state index >= 15 is 0 Å². The summed E-state index contributed by atoms with van der Waals surface area (Å²) >= 11 is 0. The molecule has 0 bridgehead atoms. The molecule has 0 saturated carbocycles. The SMILES string of the molecule is COC(=O)c1ccccc1C.COC(=O)c1ccccc1C.O=S(=O)(O)O. The molecule has 2 N–H and O–H groups in total. The summed E-state index contributed by atoms with van der Waals surface area (Å²) in [7, 11) is -1.90. The van der Waals surface area contributed by atoms with Gasteiger partial charge in [-0.1, -0.05) is 36.4 Å². The number of esters is 2. The van der Waals surface area contributed by atoms with Gasteiger partial charge in [0, 0.05) is 0 Å². The molecule has 0 heterocycles. The van der Waals surface area contributed by atoms with Crippen LogP contribution in [0, 0.1) is 13.8 Å². The molecule has 9 heteroatoms. The summed E-state index contributed by atoms with van der Waals surface area (Å²) in [4.78, 5) is 22.0. The van der Waals surface area contributed by atoms with Crippen molar-refractivity contribution in [1.82, 2.24) is 0 Å². The minimum atomic E-state index is -4.67. The van der Waals surface area contributed by atoms with Crippen LogP contribution in [-0.4, -0.2) is 43.7 Å². The van der Waals surface area contributed by atoms with Gasteiger partial charge in [-0.3, -0.25) is 9.11 Å². The zero-order valence-electron chi connectivity index (χ0n) is 15.4. The van der Waals surface area contributed by atoms with Crippen molar-refractivity contribution in [3.63, 3.8) is 0 Å². The Balaban J connectivity index is 0.000000405. The van der Waals surface area contributed by atoms with Crippen molar-refractivity contribution in [2.24, 2.45) is 0 Å². The molecule has 8 nitrogen and oxygen atoms in total. The fraction of sp³-hybridized carbons (Fsp3) is 0.222. The van der Waals surface area contributed by atoms with Crippen LogP contribution in [-0.2, 0) is 19.9 Å². The number of benzene rings is 2. The monoisotopic (exact) mass is 398 g/mol. The van der Waals surface area contributed by atoms with Crippen LogP contribution < -0.4 is 0 Å². The normalized spacial score (nSPS) is 9.70. The highest BCUT2D eigenvalue weighted by atomic mass is 32.3. The third-order valence-corrected chi connectivity index (χ3v) is 3.10. The van der Waals surface area contributed by atoms with Gasteiger partial charge in [0.2, 0.25) is 0 Å². The Morgan fingerprint density at radius 2 is 1.00 bits per heavy atom. The van der Waals surface area contributed by atoms with Crippen LogP contribution in [0.15, 0.2) is 48.5 Å². The molecule has 148 valence electrons. The van der Waals surface area contributed by atoms with Crippen LogP contribution in [0.1, 0.15) is 31.8 Å². The second kappa shape index (κ2) is 11.8. The molecule has 2 aromatic carbocycles. The molecule has 2 aromatic rings. The van der Waals surface area contributed by atoms with E-state index in [4.69, 9.17) is 17.5 Å². The lowest BCUT2D eigenvalue weighted by molar-refractivity contribution is 0.0591. The molecule has 0 amide bonds. The van der Waals surface area contributed by atoms with Crippen molar-refractivity contribution in [2.45, 2.75) is 13.8 Å². The van der Waals surface area contributed by atoms with Crippen LogP contribution in [0.3, 0.4) is 0 Å². The van der Waals surface area contributed by atoms with Crippen molar-refractivity contribution in [3.05, 3.63) is 70.8 Å². The molecule has 0 unspecified atom stereocenters. The van der Waals surface area contributed by atoms with E-state index in [1.54, 1.807) is 12.1 Å². The molecule has 0 aromatic heterocycles. The van der Waals surface area contributed by atoms with Gasteiger partial charge in [0.1, 0.15) is 0 Å². The zero-order chi connectivity index (χ0) is 21.0. The number of ether oxygens (including phenoxy) is 2.